The fraction of sp³-hybridized carbons (Fsp3) is 0.143. The van der Waals surface area contributed by atoms with E-state index in [1.54, 1.807) is 12.5 Å². The maximum atomic E-state index is 5.61. The smallest absolute Gasteiger partial charge is 0.163 e. The third-order valence-electron chi connectivity index (χ3n) is 1.60. The number of nitrogen functional groups attached to an aromatic ring is 1. The van der Waals surface area contributed by atoms with E-state index in [1.165, 1.54) is 0 Å². The zero-order valence-electron chi connectivity index (χ0n) is 6.15. The average Bonchev–Trinajstić information content (AvgIpc) is 2.34. The molecule has 0 radical (unpaired) electrons. The van der Waals surface area contributed by atoms with Crippen molar-refractivity contribution < 1.29 is 0 Å². The van der Waals surface area contributed by atoms with Gasteiger partial charge in [0.2, 0.25) is 0 Å². The largest absolute Gasteiger partial charge is 0.398 e. The van der Waals surface area contributed by atoms with Crippen LogP contribution in [0.1, 0.15) is 5.56 Å². The minimum absolute atomic E-state index is 0.731. The van der Waals surface area contributed by atoms with Crippen molar-refractivity contribution in [1.29, 1.82) is 0 Å². The van der Waals surface area contributed by atoms with Crippen LogP contribution in [0.3, 0.4) is 0 Å². The second-order valence-electron chi connectivity index (χ2n) is 2.52. The minimum atomic E-state index is 0.731. The Morgan fingerprint density at radius 3 is 3.18 bits per heavy atom. The molecule has 0 saturated heterocycles. The van der Waals surface area contributed by atoms with Crippen molar-refractivity contribution in [3.63, 3.8) is 0 Å². The summed E-state index contributed by atoms with van der Waals surface area (Å²) in [6.07, 6.45) is 3.43. The van der Waals surface area contributed by atoms with Gasteiger partial charge in [0.15, 0.2) is 5.65 Å². The van der Waals surface area contributed by atoms with Gasteiger partial charge in [-0.25, -0.2) is 0 Å². The lowest BCUT2D eigenvalue weighted by atomic mass is 10.3. The van der Waals surface area contributed by atoms with Gasteiger partial charge in [-0.05, 0) is 18.6 Å². The van der Waals surface area contributed by atoms with Crippen molar-refractivity contribution >= 4 is 11.3 Å². The second kappa shape index (κ2) is 1.95. The molecule has 2 rings (SSSR count). The predicted molar refractivity (Wildman–Crippen MR) is 42.1 cm³/mol. The van der Waals surface area contributed by atoms with Crippen LogP contribution in [0.5, 0.6) is 0 Å². The van der Waals surface area contributed by atoms with Gasteiger partial charge >= 0.3 is 0 Å². The average molecular weight is 148 g/mol. The van der Waals surface area contributed by atoms with Gasteiger partial charge in [0.05, 0.1) is 0 Å². The number of hydrogen-bond acceptors (Lipinski definition) is 3. The number of rotatable bonds is 0. The van der Waals surface area contributed by atoms with Gasteiger partial charge in [0, 0.05) is 11.9 Å². The van der Waals surface area contributed by atoms with Gasteiger partial charge in [-0.15, -0.1) is 10.2 Å². The summed E-state index contributed by atoms with van der Waals surface area (Å²) in [7, 11) is 0. The van der Waals surface area contributed by atoms with E-state index in [1.807, 2.05) is 17.4 Å². The Morgan fingerprint density at radius 2 is 2.36 bits per heavy atom. The maximum Gasteiger partial charge on any atom is 0.163 e. The highest BCUT2D eigenvalue weighted by Crippen LogP contribution is 2.10. The fourth-order valence-electron chi connectivity index (χ4n) is 1.13. The van der Waals surface area contributed by atoms with E-state index < -0.39 is 0 Å². The Hall–Kier alpha value is -1.58. The summed E-state index contributed by atoms with van der Waals surface area (Å²) < 4.78 is 1.81. The van der Waals surface area contributed by atoms with Crippen LogP contribution < -0.4 is 5.73 Å². The lowest BCUT2D eigenvalue weighted by Gasteiger charge is -1.97. The molecule has 2 aromatic rings. The molecule has 56 valence electrons. The van der Waals surface area contributed by atoms with Gasteiger partial charge < -0.3 is 5.73 Å². The summed E-state index contributed by atoms with van der Waals surface area (Å²) in [5.41, 5.74) is 8.24. The summed E-state index contributed by atoms with van der Waals surface area (Å²) in [4.78, 5) is 0. The zero-order valence-corrected chi connectivity index (χ0v) is 6.15. The third-order valence-corrected chi connectivity index (χ3v) is 1.60. The first-order valence-corrected chi connectivity index (χ1v) is 3.33. The first kappa shape index (κ1) is 6.15. The van der Waals surface area contributed by atoms with Gasteiger partial charge in [0.1, 0.15) is 6.33 Å². The molecule has 0 aromatic carbocycles. The Morgan fingerprint density at radius 1 is 1.55 bits per heavy atom. The first-order valence-electron chi connectivity index (χ1n) is 3.33. The molecule has 4 nitrogen and oxygen atoms in total. The van der Waals surface area contributed by atoms with Crippen molar-refractivity contribution in [1.82, 2.24) is 14.6 Å². The number of pyridine rings is 1. The highest BCUT2D eigenvalue weighted by Gasteiger charge is 1.98. The molecule has 0 aliphatic rings. The Kier molecular flexibility index (Phi) is 1.09. The van der Waals surface area contributed by atoms with Crippen molar-refractivity contribution in [3.05, 3.63) is 24.2 Å². The molecule has 0 aliphatic carbocycles. The Balaban J connectivity index is 2.91. The zero-order chi connectivity index (χ0) is 7.84. The van der Waals surface area contributed by atoms with Crippen LogP contribution in [0.4, 0.5) is 5.69 Å². The highest BCUT2D eigenvalue weighted by atomic mass is 15.2. The molecular weight excluding hydrogens is 140 g/mol. The van der Waals surface area contributed by atoms with E-state index in [2.05, 4.69) is 10.2 Å². The van der Waals surface area contributed by atoms with Crippen LogP contribution in [0.2, 0.25) is 0 Å². The molecule has 0 fully saturated rings. The number of anilines is 1. The summed E-state index contributed by atoms with van der Waals surface area (Å²) in [6, 6.07) is 1.88. The van der Waals surface area contributed by atoms with Crippen LogP contribution >= 0.6 is 0 Å². The monoisotopic (exact) mass is 148 g/mol. The molecular formula is C7H8N4. The van der Waals surface area contributed by atoms with Crippen LogP contribution in [0, 0.1) is 6.92 Å². The minimum Gasteiger partial charge on any atom is -0.398 e. The normalized spacial score (nSPS) is 10.6. The molecule has 2 heterocycles. The molecule has 11 heavy (non-hydrogen) atoms. The van der Waals surface area contributed by atoms with Crippen molar-refractivity contribution in [2.24, 2.45) is 0 Å². The van der Waals surface area contributed by atoms with Crippen LogP contribution in [0.15, 0.2) is 18.6 Å². The quantitative estimate of drug-likeness (QED) is 0.595. The molecule has 0 spiro atoms. The van der Waals surface area contributed by atoms with E-state index in [0.29, 0.717) is 0 Å². The Labute approximate surface area is 63.7 Å². The van der Waals surface area contributed by atoms with E-state index >= 15 is 0 Å². The molecule has 0 aliphatic heterocycles. The topological polar surface area (TPSA) is 56.2 Å². The first-order chi connectivity index (χ1) is 5.27. The SMILES string of the molecule is Cc1cc(N)cn2cnnc12. The lowest BCUT2D eigenvalue weighted by Crippen LogP contribution is -1.92. The number of nitrogens with two attached hydrogens (primary N) is 1. The van der Waals surface area contributed by atoms with Crippen molar-refractivity contribution in [3.8, 4) is 0 Å². The third kappa shape index (κ3) is 0.832. The molecule has 2 aromatic heterocycles. The van der Waals surface area contributed by atoms with Gasteiger partial charge in [-0.3, -0.25) is 4.40 Å². The van der Waals surface area contributed by atoms with Crippen LogP contribution in [-0.2, 0) is 0 Å². The Bertz CT molecular complexity index is 390. The summed E-state index contributed by atoms with van der Waals surface area (Å²) in [5, 5.41) is 7.68. The van der Waals surface area contributed by atoms with E-state index in [4.69, 9.17) is 5.73 Å². The maximum absolute atomic E-state index is 5.61. The second-order valence-corrected chi connectivity index (χ2v) is 2.52. The number of aromatic nitrogens is 3. The molecule has 0 amide bonds. The molecule has 4 heteroatoms. The molecule has 0 saturated carbocycles. The summed E-state index contributed by atoms with van der Waals surface area (Å²) >= 11 is 0. The molecule has 2 N–H and O–H groups in total. The molecule has 0 atom stereocenters. The number of hydrogen-bond donors (Lipinski definition) is 1. The predicted octanol–water partition coefficient (Wildman–Crippen LogP) is 0.620. The van der Waals surface area contributed by atoms with Crippen LogP contribution in [0.25, 0.3) is 5.65 Å². The number of nitrogens with zero attached hydrogens (tertiary/aromatic N) is 3. The number of aryl methyl sites for hydroxylation is 1. The van der Waals surface area contributed by atoms with Gasteiger partial charge in [-0.2, -0.15) is 0 Å². The molecule has 0 unspecified atom stereocenters. The van der Waals surface area contributed by atoms with Gasteiger partial charge in [-0.1, -0.05) is 0 Å². The molecule has 0 bridgehead atoms. The van der Waals surface area contributed by atoms with Crippen molar-refractivity contribution in [2.75, 3.05) is 5.73 Å². The van der Waals surface area contributed by atoms with E-state index in [9.17, 15) is 0 Å². The highest BCUT2D eigenvalue weighted by molar-refractivity contribution is 5.53. The van der Waals surface area contributed by atoms with E-state index in [-0.39, 0.29) is 0 Å². The number of fused-ring (bicyclic) bond motifs is 1. The van der Waals surface area contributed by atoms with Gasteiger partial charge in [0.25, 0.3) is 0 Å². The van der Waals surface area contributed by atoms with Crippen LogP contribution in [-0.4, -0.2) is 14.6 Å². The van der Waals surface area contributed by atoms with Crippen molar-refractivity contribution in [2.45, 2.75) is 6.92 Å². The van der Waals surface area contributed by atoms with E-state index in [0.717, 1.165) is 16.9 Å². The standard InChI is InChI=1S/C7H8N4/c1-5-2-6(8)3-11-4-9-10-7(5)11/h2-4H,8H2,1H3. The fourth-order valence-corrected chi connectivity index (χ4v) is 1.13. The lowest BCUT2D eigenvalue weighted by molar-refractivity contribution is 1.10. The summed E-state index contributed by atoms with van der Waals surface area (Å²) in [5.74, 6) is 0. The summed E-state index contributed by atoms with van der Waals surface area (Å²) in [6.45, 7) is 1.96.